The summed E-state index contributed by atoms with van der Waals surface area (Å²) in [5.41, 5.74) is 2.15. The number of thiol groups is 1. The van der Waals surface area contributed by atoms with Crippen molar-refractivity contribution in [2.75, 3.05) is 11.5 Å². The number of benzene rings is 1. The molecule has 5 aliphatic rings. The standard InChI is InChI=1S/C23H32O2S/c1-15-7-20(26-5-3-4-6-26)8-16(2)21(15)25-22(24)23-12-17-9-18(13-23)11-19(10-17)14-23/h7-8,17-19,26H,3-6,9-14H2,1-2H3. The zero-order chi connectivity index (χ0) is 17.9. The van der Waals surface area contributed by atoms with E-state index in [9.17, 15) is 4.79 Å². The maximum atomic E-state index is 13.3. The smallest absolute Gasteiger partial charge is 0.317 e. The number of carbonyl (C=O) groups excluding carboxylic acids is 1. The van der Waals surface area contributed by atoms with E-state index in [0.29, 0.717) is 0 Å². The van der Waals surface area contributed by atoms with Crippen LogP contribution in [-0.2, 0) is 4.79 Å². The number of rotatable bonds is 3. The summed E-state index contributed by atoms with van der Waals surface area (Å²) in [6, 6.07) is 4.62. The summed E-state index contributed by atoms with van der Waals surface area (Å²) in [4.78, 5) is 14.8. The summed E-state index contributed by atoms with van der Waals surface area (Å²) in [5, 5.41) is 0. The molecule has 26 heavy (non-hydrogen) atoms. The molecule has 5 fully saturated rings. The van der Waals surface area contributed by atoms with E-state index in [2.05, 4.69) is 26.0 Å². The Morgan fingerprint density at radius 1 is 0.962 bits per heavy atom. The normalized spacial score (nSPS) is 36.5. The minimum atomic E-state index is -0.165. The molecule has 0 unspecified atom stereocenters. The topological polar surface area (TPSA) is 26.3 Å². The Bertz CT molecular complexity index is 673. The van der Waals surface area contributed by atoms with E-state index in [1.165, 1.54) is 48.5 Å². The first-order chi connectivity index (χ1) is 12.5. The number of carbonyl (C=O) groups is 1. The quantitative estimate of drug-likeness (QED) is 0.426. The summed E-state index contributed by atoms with van der Waals surface area (Å²) in [6.45, 7) is 4.26. The summed E-state index contributed by atoms with van der Waals surface area (Å²) < 4.78 is 6.15. The van der Waals surface area contributed by atoms with E-state index in [1.807, 2.05) is 0 Å². The molecule has 0 radical (unpaired) electrons. The molecule has 6 rings (SSSR count). The lowest BCUT2D eigenvalue weighted by Gasteiger charge is -2.55. The van der Waals surface area contributed by atoms with Gasteiger partial charge in [-0.3, -0.25) is 4.79 Å². The summed E-state index contributed by atoms with van der Waals surface area (Å²) >= 11 is 0. The van der Waals surface area contributed by atoms with E-state index >= 15 is 0 Å². The van der Waals surface area contributed by atoms with Gasteiger partial charge in [0.15, 0.2) is 0 Å². The average molecular weight is 373 g/mol. The van der Waals surface area contributed by atoms with Crippen LogP contribution in [0.3, 0.4) is 0 Å². The fourth-order valence-electron chi connectivity index (χ4n) is 6.81. The Morgan fingerprint density at radius 2 is 1.46 bits per heavy atom. The van der Waals surface area contributed by atoms with Gasteiger partial charge in [-0.1, -0.05) is 0 Å². The molecule has 1 aromatic carbocycles. The first-order valence-corrected chi connectivity index (χ1v) is 12.3. The summed E-state index contributed by atoms with van der Waals surface area (Å²) in [5.74, 6) is 6.03. The molecule has 1 aromatic rings. The predicted molar refractivity (Wildman–Crippen MR) is 108 cm³/mol. The number of hydrogen-bond donors (Lipinski definition) is 1. The average Bonchev–Trinajstić information content (AvgIpc) is 3.11. The maximum Gasteiger partial charge on any atom is 0.317 e. The van der Waals surface area contributed by atoms with Gasteiger partial charge in [0.25, 0.3) is 0 Å². The van der Waals surface area contributed by atoms with Gasteiger partial charge in [-0.15, -0.1) is 0 Å². The predicted octanol–water partition coefficient (Wildman–Crippen LogP) is 5.58. The van der Waals surface area contributed by atoms with Crippen LogP contribution in [-0.4, -0.2) is 17.5 Å². The van der Waals surface area contributed by atoms with Crippen LogP contribution in [0.2, 0.25) is 0 Å². The van der Waals surface area contributed by atoms with Crippen molar-refractivity contribution in [3.05, 3.63) is 23.3 Å². The molecule has 4 saturated carbocycles. The van der Waals surface area contributed by atoms with Gasteiger partial charge in [-0.05, 0) is 123 Å². The van der Waals surface area contributed by atoms with E-state index in [1.54, 1.807) is 0 Å². The molecule has 2 nitrogen and oxygen atoms in total. The Hall–Kier alpha value is -0.960. The van der Waals surface area contributed by atoms with Gasteiger partial charge < -0.3 is 4.74 Å². The van der Waals surface area contributed by atoms with Crippen LogP contribution >= 0.6 is 10.9 Å². The summed E-state index contributed by atoms with van der Waals surface area (Å²) in [7, 11) is 0.0318. The van der Waals surface area contributed by atoms with Gasteiger partial charge in [0.05, 0.1) is 5.41 Å². The molecule has 3 heteroatoms. The highest BCUT2D eigenvalue weighted by atomic mass is 32.2. The second kappa shape index (κ2) is 6.29. The molecule has 0 amide bonds. The molecule has 1 heterocycles. The van der Waals surface area contributed by atoms with E-state index in [0.717, 1.165) is 53.9 Å². The van der Waals surface area contributed by atoms with Crippen molar-refractivity contribution in [2.45, 2.75) is 70.1 Å². The van der Waals surface area contributed by atoms with Gasteiger partial charge >= 0.3 is 5.97 Å². The van der Waals surface area contributed by atoms with Crippen LogP contribution in [0.1, 0.15) is 62.5 Å². The number of ether oxygens (including phenoxy) is 1. The lowest BCUT2D eigenvalue weighted by atomic mass is 9.49. The van der Waals surface area contributed by atoms with Crippen molar-refractivity contribution >= 4 is 16.9 Å². The lowest BCUT2D eigenvalue weighted by Crippen LogP contribution is -2.51. The van der Waals surface area contributed by atoms with Crippen molar-refractivity contribution in [1.29, 1.82) is 0 Å². The van der Waals surface area contributed by atoms with Crippen LogP contribution in [0, 0.1) is 37.0 Å². The van der Waals surface area contributed by atoms with Crippen molar-refractivity contribution in [1.82, 2.24) is 0 Å². The molecule has 4 aliphatic carbocycles. The Kier molecular flexibility index (Phi) is 4.15. The minimum Gasteiger partial charge on any atom is -0.426 e. The fraction of sp³-hybridized carbons (Fsp3) is 0.696. The molecule has 4 bridgehead atoms. The summed E-state index contributed by atoms with van der Waals surface area (Å²) in [6.07, 6.45) is 10.1. The zero-order valence-corrected chi connectivity index (χ0v) is 17.1. The second-order valence-electron chi connectivity index (χ2n) is 9.69. The van der Waals surface area contributed by atoms with Crippen molar-refractivity contribution in [2.24, 2.45) is 23.2 Å². The van der Waals surface area contributed by atoms with Crippen LogP contribution in [0.4, 0.5) is 0 Å². The first kappa shape index (κ1) is 17.2. The monoisotopic (exact) mass is 372 g/mol. The molecule has 0 atom stereocenters. The van der Waals surface area contributed by atoms with Crippen LogP contribution in [0.15, 0.2) is 17.0 Å². The van der Waals surface area contributed by atoms with Crippen molar-refractivity contribution < 1.29 is 9.53 Å². The van der Waals surface area contributed by atoms with Crippen LogP contribution in [0.5, 0.6) is 5.75 Å². The SMILES string of the molecule is Cc1cc([SH]2CCCC2)cc(C)c1OC(=O)C12CC3CC(CC(C3)C1)C2. The van der Waals surface area contributed by atoms with Gasteiger partial charge in [0, 0.05) is 0 Å². The molecule has 1 aliphatic heterocycles. The molecule has 1 saturated heterocycles. The highest BCUT2D eigenvalue weighted by Crippen LogP contribution is 2.60. The molecule has 142 valence electrons. The molecular formula is C23H32O2S. The van der Waals surface area contributed by atoms with E-state index in [4.69, 9.17) is 4.74 Å². The fourth-order valence-corrected chi connectivity index (χ4v) is 9.51. The number of aryl methyl sites for hydroxylation is 2. The maximum absolute atomic E-state index is 13.3. The number of hydrogen-bond acceptors (Lipinski definition) is 2. The lowest BCUT2D eigenvalue weighted by molar-refractivity contribution is -0.161. The van der Waals surface area contributed by atoms with Crippen molar-refractivity contribution in [3.8, 4) is 5.75 Å². The third-order valence-electron chi connectivity index (χ3n) is 7.58. The van der Waals surface area contributed by atoms with Gasteiger partial charge in [-0.25, -0.2) is 10.9 Å². The van der Waals surface area contributed by atoms with Gasteiger partial charge in [0.2, 0.25) is 0 Å². The van der Waals surface area contributed by atoms with Gasteiger partial charge in [-0.2, -0.15) is 0 Å². The number of esters is 1. The Labute approximate surface area is 160 Å². The van der Waals surface area contributed by atoms with E-state index < -0.39 is 0 Å². The highest BCUT2D eigenvalue weighted by molar-refractivity contribution is 8.17. The van der Waals surface area contributed by atoms with Crippen LogP contribution < -0.4 is 4.74 Å². The third kappa shape index (κ3) is 2.82. The van der Waals surface area contributed by atoms with Gasteiger partial charge in [0.1, 0.15) is 5.75 Å². The Balaban J connectivity index is 1.38. The van der Waals surface area contributed by atoms with Crippen LogP contribution in [0.25, 0.3) is 0 Å². The second-order valence-corrected chi connectivity index (χ2v) is 12.2. The minimum absolute atomic E-state index is 0.0318. The van der Waals surface area contributed by atoms with Crippen molar-refractivity contribution in [3.63, 3.8) is 0 Å². The largest absolute Gasteiger partial charge is 0.426 e. The molecule has 0 aromatic heterocycles. The Morgan fingerprint density at radius 3 is 1.96 bits per heavy atom. The molecule has 0 spiro atoms. The highest BCUT2D eigenvalue weighted by Gasteiger charge is 2.55. The molecular weight excluding hydrogens is 340 g/mol. The van der Waals surface area contributed by atoms with E-state index in [-0.39, 0.29) is 22.3 Å². The first-order valence-electron chi connectivity index (χ1n) is 10.6. The zero-order valence-electron chi connectivity index (χ0n) is 16.2. The molecule has 0 N–H and O–H groups in total. The third-order valence-corrected chi connectivity index (χ3v) is 10.3.